The Morgan fingerprint density at radius 1 is 0.971 bits per heavy atom. The minimum atomic E-state index is -0.308. The zero-order valence-electron chi connectivity index (χ0n) is 20.2. The van der Waals surface area contributed by atoms with Gasteiger partial charge in [-0.3, -0.25) is 4.79 Å². The molecule has 0 saturated carbocycles. The van der Waals surface area contributed by atoms with E-state index >= 15 is 0 Å². The largest absolute Gasteiger partial charge is 0.322 e. The number of halogens is 1. The Labute approximate surface area is 201 Å². The lowest BCUT2D eigenvalue weighted by Gasteiger charge is -2.24. The Bertz CT molecular complexity index is 1290. The summed E-state index contributed by atoms with van der Waals surface area (Å²) < 4.78 is 16.6. The molecule has 0 atom stereocenters. The summed E-state index contributed by atoms with van der Waals surface area (Å²) in [6, 6.07) is 21.3. The van der Waals surface area contributed by atoms with Crippen molar-refractivity contribution in [3.05, 3.63) is 95.1 Å². The molecule has 0 radical (unpaired) electrons. The molecule has 0 aliphatic rings. The molecular formula is C29H32FN3O. The van der Waals surface area contributed by atoms with Crippen LogP contribution in [0.25, 0.3) is 11.0 Å². The summed E-state index contributed by atoms with van der Waals surface area (Å²) in [5.41, 5.74) is 5.45. The van der Waals surface area contributed by atoms with E-state index in [4.69, 9.17) is 4.98 Å². The van der Waals surface area contributed by atoms with Crippen molar-refractivity contribution in [2.24, 2.45) is 0 Å². The van der Waals surface area contributed by atoms with E-state index in [0.717, 1.165) is 36.1 Å². The molecule has 1 heterocycles. The van der Waals surface area contributed by atoms with Crippen LogP contribution in [-0.4, -0.2) is 15.5 Å². The number of hydrogen-bond acceptors (Lipinski definition) is 2. The molecule has 0 spiro atoms. The quantitative estimate of drug-likeness (QED) is 0.255. The van der Waals surface area contributed by atoms with Gasteiger partial charge in [-0.1, -0.05) is 62.2 Å². The summed E-state index contributed by atoms with van der Waals surface area (Å²) in [6.07, 6.45) is 3.29. The van der Waals surface area contributed by atoms with Gasteiger partial charge < -0.3 is 9.47 Å². The van der Waals surface area contributed by atoms with E-state index in [1.807, 2.05) is 36.4 Å². The highest BCUT2D eigenvalue weighted by Gasteiger charge is 2.21. The molecule has 34 heavy (non-hydrogen) atoms. The average molecular weight is 458 g/mol. The Balaban J connectivity index is 1.75. The van der Waals surface area contributed by atoms with Crippen molar-refractivity contribution >= 4 is 22.6 Å². The molecule has 0 fully saturated rings. The van der Waals surface area contributed by atoms with Gasteiger partial charge in [0.05, 0.1) is 17.6 Å². The molecule has 1 aromatic heterocycles. The number of carbonyl (C=O) groups is 1. The van der Waals surface area contributed by atoms with E-state index in [1.165, 1.54) is 17.2 Å². The Kier molecular flexibility index (Phi) is 7.41. The Morgan fingerprint density at radius 3 is 2.50 bits per heavy atom. The molecule has 0 aliphatic heterocycles. The van der Waals surface area contributed by atoms with E-state index in [1.54, 1.807) is 17.9 Å². The first kappa shape index (κ1) is 23.7. The van der Waals surface area contributed by atoms with Crippen LogP contribution in [-0.2, 0) is 17.9 Å². The minimum Gasteiger partial charge on any atom is -0.322 e. The highest BCUT2D eigenvalue weighted by Crippen LogP contribution is 2.25. The predicted octanol–water partition coefficient (Wildman–Crippen LogP) is 6.95. The number of unbranched alkanes of at least 4 members (excludes halogenated alkanes) is 2. The van der Waals surface area contributed by atoms with Gasteiger partial charge in [-0.25, -0.2) is 9.37 Å². The van der Waals surface area contributed by atoms with Gasteiger partial charge in [0.15, 0.2) is 0 Å². The SMILES string of the molecule is CCCCCC(=O)N(Cc1nc2ccccc2n1Cc1ccccc1C)c1ccc(C)c(F)c1. The number of aromatic nitrogens is 2. The summed E-state index contributed by atoms with van der Waals surface area (Å²) in [5, 5.41) is 0. The first-order valence-corrected chi connectivity index (χ1v) is 12.0. The number of hydrogen-bond donors (Lipinski definition) is 0. The second kappa shape index (κ2) is 10.6. The average Bonchev–Trinajstić information content (AvgIpc) is 3.18. The first-order chi connectivity index (χ1) is 16.5. The van der Waals surface area contributed by atoms with Crippen molar-refractivity contribution in [1.29, 1.82) is 0 Å². The van der Waals surface area contributed by atoms with Crippen LogP contribution in [0.5, 0.6) is 0 Å². The third-order valence-electron chi connectivity index (χ3n) is 6.39. The number of para-hydroxylation sites is 2. The number of benzene rings is 3. The number of rotatable bonds is 9. The van der Waals surface area contributed by atoms with E-state index in [9.17, 15) is 9.18 Å². The molecule has 0 aliphatic carbocycles. The number of anilines is 1. The number of amides is 1. The monoisotopic (exact) mass is 457 g/mol. The van der Waals surface area contributed by atoms with E-state index in [0.29, 0.717) is 24.2 Å². The van der Waals surface area contributed by atoms with E-state index in [2.05, 4.69) is 36.6 Å². The fourth-order valence-corrected chi connectivity index (χ4v) is 4.26. The van der Waals surface area contributed by atoms with Crippen LogP contribution in [0.15, 0.2) is 66.7 Å². The molecule has 4 rings (SSSR count). The highest BCUT2D eigenvalue weighted by atomic mass is 19.1. The van der Waals surface area contributed by atoms with Crippen molar-refractivity contribution in [3.63, 3.8) is 0 Å². The number of carbonyl (C=O) groups excluding carboxylic acids is 1. The second-order valence-electron chi connectivity index (χ2n) is 8.90. The van der Waals surface area contributed by atoms with Gasteiger partial charge in [-0.2, -0.15) is 0 Å². The highest BCUT2D eigenvalue weighted by molar-refractivity contribution is 5.93. The molecular weight excluding hydrogens is 425 g/mol. The zero-order valence-corrected chi connectivity index (χ0v) is 20.2. The molecule has 5 heteroatoms. The van der Waals surface area contributed by atoms with Crippen molar-refractivity contribution in [2.45, 2.75) is 59.5 Å². The lowest BCUT2D eigenvalue weighted by atomic mass is 10.1. The molecule has 1 amide bonds. The van der Waals surface area contributed by atoms with Gasteiger partial charge in [0.1, 0.15) is 11.6 Å². The smallest absolute Gasteiger partial charge is 0.227 e. The summed E-state index contributed by atoms with van der Waals surface area (Å²) in [5.74, 6) is 0.470. The van der Waals surface area contributed by atoms with Crippen LogP contribution in [0.3, 0.4) is 0 Å². The third kappa shape index (κ3) is 5.19. The molecule has 4 nitrogen and oxygen atoms in total. The molecule has 0 unspecified atom stereocenters. The van der Waals surface area contributed by atoms with Crippen LogP contribution >= 0.6 is 0 Å². The Hall–Kier alpha value is -3.47. The van der Waals surface area contributed by atoms with Crippen molar-refractivity contribution < 1.29 is 9.18 Å². The minimum absolute atomic E-state index is 0.00815. The number of nitrogens with zero attached hydrogens (tertiary/aromatic N) is 3. The van der Waals surface area contributed by atoms with Gasteiger partial charge >= 0.3 is 0 Å². The lowest BCUT2D eigenvalue weighted by molar-refractivity contribution is -0.118. The number of fused-ring (bicyclic) bond motifs is 1. The molecule has 4 aromatic rings. The summed E-state index contributed by atoms with van der Waals surface area (Å²) >= 11 is 0. The Morgan fingerprint density at radius 2 is 1.74 bits per heavy atom. The van der Waals surface area contributed by atoms with Crippen molar-refractivity contribution in [2.75, 3.05) is 4.90 Å². The summed E-state index contributed by atoms with van der Waals surface area (Å²) in [6.45, 7) is 6.89. The molecule has 0 bridgehead atoms. The topological polar surface area (TPSA) is 38.1 Å². The van der Waals surface area contributed by atoms with Crippen molar-refractivity contribution in [3.8, 4) is 0 Å². The van der Waals surface area contributed by atoms with Crippen LogP contribution in [0.2, 0.25) is 0 Å². The van der Waals surface area contributed by atoms with Crippen molar-refractivity contribution in [1.82, 2.24) is 9.55 Å². The van der Waals surface area contributed by atoms with Crippen LogP contribution in [0, 0.1) is 19.7 Å². The van der Waals surface area contributed by atoms with Gasteiger partial charge in [-0.05, 0) is 61.2 Å². The fraction of sp³-hybridized carbons (Fsp3) is 0.310. The predicted molar refractivity (Wildman–Crippen MR) is 136 cm³/mol. The molecule has 0 saturated heterocycles. The summed E-state index contributed by atoms with van der Waals surface area (Å²) in [4.78, 5) is 19.9. The zero-order chi connectivity index (χ0) is 24.1. The second-order valence-corrected chi connectivity index (χ2v) is 8.90. The maximum absolute atomic E-state index is 14.5. The van der Waals surface area contributed by atoms with Crippen LogP contribution in [0.4, 0.5) is 10.1 Å². The van der Waals surface area contributed by atoms with E-state index in [-0.39, 0.29) is 18.3 Å². The van der Waals surface area contributed by atoms with Gasteiger partial charge in [0, 0.05) is 18.7 Å². The first-order valence-electron chi connectivity index (χ1n) is 12.0. The third-order valence-corrected chi connectivity index (χ3v) is 6.39. The number of imidazole rings is 1. The van der Waals surface area contributed by atoms with Gasteiger partial charge in [-0.15, -0.1) is 0 Å². The molecule has 3 aromatic carbocycles. The summed E-state index contributed by atoms with van der Waals surface area (Å²) in [7, 11) is 0. The lowest BCUT2D eigenvalue weighted by Crippen LogP contribution is -2.31. The maximum Gasteiger partial charge on any atom is 0.227 e. The standard InChI is InChI=1S/C29H32FN3O/c1-4-5-6-15-29(34)32(24-17-16-22(3)25(30)18-24)20-28-31-26-13-9-10-14-27(26)33(28)19-23-12-8-7-11-21(23)2/h7-14,16-18H,4-6,15,19-20H2,1-3H3. The van der Waals surface area contributed by atoms with E-state index < -0.39 is 0 Å². The molecule has 176 valence electrons. The van der Waals surface area contributed by atoms with Crippen LogP contribution < -0.4 is 4.90 Å². The molecule has 0 N–H and O–H groups in total. The van der Waals surface area contributed by atoms with Gasteiger partial charge in [0.25, 0.3) is 0 Å². The van der Waals surface area contributed by atoms with Gasteiger partial charge in [0.2, 0.25) is 5.91 Å². The normalized spacial score (nSPS) is 11.2. The number of aryl methyl sites for hydroxylation is 2. The fourth-order valence-electron chi connectivity index (χ4n) is 4.26. The van der Waals surface area contributed by atoms with Crippen LogP contribution in [0.1, 0.15) is 55.1 Å². The maximum atomic E-state index is 14.5.